The summed E-state index contributed by atoms with van der Waals surface area (Å²) < 4.78 is 14.3. The van der Waals surface area contributed by atoms with Gasteiger partial charge in [0.1, 0.15) is 5.82 Å². The van der Waals surface area contributed by atoms with E-state index >= 15 is 0 Å². The Morgan fingerprint density at radius 1 is 1.46 bits per heavy atom. The van der Waals surface area contributed by atoms with Crippen molar-refractivity contribution in [2.75, 3.05) is 13.1 Å². The second-order valence-corrected chi connectivity index (χ2v) is 4.18. The highest BCUT2D eigenvalue weighted by Crippen LogP contribution is 2.31. The zero-order chi connectivity index (χ0) is 9.26. The minimum absolute atomic E-state index is 0.0944. The molecule has 70 valence electrons. The van der Waals surface area contributed by atoms with E-state index in [1.807, 2.05) is 6.07 Å². The van der Waals surface area contributed by atoms with Crippen LogP contribution in [0.4, 0.5) is 4.39 Å². The Hall–Kier alpha value is -0.410. The van der Waals surface area contributed by atoms with Gasteiger partial charge in [0.2, 0.25) is 0 Å². The lowest BCUT2D eigenvalue weighted by Gasteiger charge is -2.11. The number of halogens is 2. The van der Waals surface area contributed by atoms with E-state index in [9.17, 15) is 4.39 Å². The average Bonchev–Trinajstić information content (AvgIpc) is 2.57. The Morgan fingerprint density at radius 3 is 2.92 bits per heavy atom. The largest absolute Gasteiger partial charge is 0.316 e. The maximum atomic E-state index is 13.4. The van der Waals surface area contributed by atoms with E-state index in [0.29, 0.717) is 5.92 Å². The molecule has 2 rings (SSSR count). The van der Waals surface area contributed by atoms with Gasteiger partial charge in [-0.15, -0.1) is 0 Å². The quantitative estimate of drug-likeness (QED) is 0.800. The molecule has 3 heteroatoms. The molecule has 0 saturated carbocycles. The number of benzene rings is 1. The Balaban J connectivity index is 2.37. The molecule has 1 aliphatic rings. The van der Waals surface area contributed by atoms with Gasteiger partial charge in [0.05, 0.1) is 0 Å². The maximum Gasteiger partial charge on any atom is 0.127 e. The van der Waals surface area contributed by atoms with Crippen LogP contribution in [-0.2, 0) is 0 Å². The number of nitrogens with one attached hydrogen (secondary N) is 1. The average molecular weight is 244 g/mol. The molecule has 1 aromatic carbocycles. The van der Waals surface area contributed by atoms with Gasteiger partial charge >= 0.3 is 0 Å². The summed E-state index contributed by atoms with van der Waals surface area (Å²) in [5, 5.41) is 3.24. The van der Waals surface area contributed by atoms with E-state index in [1.54, 1.807) is 6.07 Å². The van der Waals surface area contributed by atoms with Gasteiger partial charge in [0.15, 0.2) is 0 Å². The molecule has 1 nitrogen and oxygen atoms in total. The highest BCUT2D eigenvalue weighted by Gasteiger charge is 2.21. The van der Waals surface area contributed by atoms with Gasteiger partial charge in [-0.1, -0.05) is 22.0 Å². The van der Waals surface area contributed by atoms with E-state index in [1.165, 1.54) is 6.07 Å². The van der Waals surface area contributed by atoms with Crippen molar-refractivity contribution in [3.05, 3.63) is 34.1 Å². The van der Waals surface area contributed by atoms with Crippen molar-refractivity contribution in [3.8, 4) is 0 Å². The molecule has 0 aliphatic carbocycles. The van der Waals surface area contributed by atoms with Crippen LogP contribution in [0.15, 0.2) is 22.7 Å². The van der Waals surface area contributed by atoms with E-state index < -0.39 is 0 Å². The van der Waals surface area contributed by atoms with E-state index in [-0.39, 0.29) is 5.82 Å². The normalized spacial score (nSPS) is 22.2. The first-order valence-corrected chi connectivity index (χ1v) is 5.23. The second kappa shape index (κ2) is 3.76. The molecule has 1 aromatic rings. The summed E-state index contributed by atoms with van der Waals surface area (Å²) in [5.74, 6) is 0.235. The van der Waals surface area contributed by atoms with Gasteiger partial charge in [-0.05, 0) is 25.1 Å². The van der Waals surface area contributed by atoms with Gasteiger partial charge in [0.25, 0.3) is 0 Å². The van der Waals surface area contributed by atoms with Crippen LogP contribution < -0.4 is 5.32 Å². The zero-order valence-electron chi connectivity index (χ0n) is 7.19. The first-order chi connectivity index (χ1) is 6.29. The fourth-order valence-corrected chi connectivity index (χ4v) is 2.47. The lowest BCUT2D eigenvalue weighted by atomic mass is 9.98. The van der Waals surface area contributed by atoms with Crippen molar-refractivity contribution in [3.63, 3.8) is 0 Å². The SMILES string of the molecule is Fc1cccc(Br)c1[C@@H]1CCNC1. The topological polar surface area (TPSA) is 12.0 Å². The zero-order valence-corrected chi connectivity index (χ0v) is 8.77. The summed E-state index contributed by atoms with van der Waals surface area (Å²) in [6.45, 7) is 1.88. The molecule has 1 N–H and O–H groups in total. The van der Waals surface area contributed by atoms with Crippen LogP contribution in [-0.4, -0.2) is 13.1 Å². The molecular weight excluding hydrogens is 233 g/mol. The highest BCUT2D eigenvalue weighted by molar-refractivity contribution is 9.10. The van der Waals surface area contributed by atoms with Gasteiger partial charge in [-0.3, -0.25) is 0 Å². The Kier molecular flexibility index (Phi) is 2.65. The maximum absolute atomic E-state index is 13.4. The van der Waals surface area contributed by atoms with Crippen molar-refractivity contribution in [2.24, 2.45) is 0 Å². The monoisotopic (exact) mass is 243 g/mol. The molecule has 0 aromatic heterocycles. The highest BCUT2D eigenvalue weighted by atomic mass is 79.9. The summed E-state index contributed by atoms with van der Waals surface area (Å²) in [7, 11) is 0. The van der Waals surface area contributed by atoms with Crippen LogP contribution >= 0.6 is 15.9 Å². The third kappa shape index (κ3) is 1.76. The van der Waals surface area contributed by atoms with E-state index in [4.69, 9.17) is 0 Å². The van der Waals surface area contributed by atoms with E-state index in [0.717, 1.165) is 29.5 Å². The van der Waals surface area contributed by atoms with Crippen molar-refractivity contribution < 1.29 is 4.39 Å². The Labute approximate surface area is 85.5 Å². The summed E-state index contributed by atoms with van der Waals surface area (Å²) in [5.41, 5.74) is 0.826. The lowest BCUT2D eigenvalue weighted by Crippen LogP contribution is -2.09. The van der Waals surface area contributed by atoms with Crippen LogP contribution in [0.1, 0.15) is 17.9 Å². The van der Waals surface area contributed by atoms with Gasteiger partial charge in [-0.25, -0.2) is 4.39 Å². The van der Waals surface area contributed by atoms with Gasteiger partial charge in [0, 0.05) is 22.5 Å². The van der Waals surface area contributed by atoms with Crippen LogP contribution in [0.5, 0.6) is 0 Å². The summed E-state index contributed by atoms with van der Waals surface area (Å²) >= 11 is 3.39. The molecule has 1 saturated heterocycles. The molecule has 1 heterocycles. The molecule has 1 atom stereocenters. The predicted molar refractivity (Wildman–Crippen MR) is 54.3 cm³/mol. The second-order valence-electron chi connectivity index (χ2n) is 3.33. The fraction of sp³-hybridized carbons (Fsp3) is 0.400. The number of rotatable bonds is 1. The third-order valence-corrected chi connectivity index (χ3v) is 3.16. The molecule has 0 bridgehead atoms. The van der Waals surface area contributed by atoms with E-state index in [2.05, 4.69) is 21.2 Å². The van der Waals surface area contributed by atoms with Gasteiger partial charge in [-0.2, -0.15) is 0 Å². The molecule has 0 amide bonds. The first-order valence-electron chi connectivity index (χ1n) is 4.43. The minimum Gasteiger partial charge on any atom is -0.316 e. The van der Waals surface area contributed by atoms with Crippen molar-refractivity contribution in [1.29, 1.82) is 0 Å². The fourth-order valence-electron chi connectivity index (χ4n) is 1.80. The van der Waals surface area contributed by atoms with Crippen molar-refractivity contribution in [1.82, 2.24) is 5.32 Å². The first kappa shape index (κ1) is 9.16. The molecule has 0 unspecified atom stereocenters. The van der Waals surface area contributed by atoms with Crippen LogP contribution in [0.3, 0.4) is 0 Å². The Bertz CT molecular complexity index is 288. The van der Waals surface area contributed by atoms with Gasteiger partial charge < -0.3 is 5.32 Å². The number of hydrogen-bond donors (Lipinski definition) is 1. The smallest absolute Gasteiger partial charge is 0.127 e. The van der Waals surface area contributed by atoms with Crippen molar-refractivity contribution in [2.45, 2.75) is 12.3 Å². The molecule has 13 heavy (non-hydrogen) atoms. The molecule has 1 aliphatic heterocycles. The Morgan fingerprint density at radius 2 is 2.31 bits per heavy atom. The lowest BCUT2D eigenvalue weighted by molar-refractivity contribution is 0.586. The summed E-state index contributed by atoms with van der Waals surface area (Å²) in [6.07, 6.45) is 1.03. The molecule has 0 radical (unpaired) electrons. The van der Waals surface area contributed by atoms with Crippen LogP contribution in [0.25, 0.3) is 0 Å². The molecule has 1 fully saturated rings. The number of hydrogen-bond acceptors (Lipinski definition) is 1. The van der Waals surface area contributed by atoms with Crippen LogP contribution in [0.2, 0.25) is 0 Å². The molecule has 0 spiro atoms. The summed E-state index contributed by atoms with van der Waals surface area (Å²) in [4.78, 5) is 0. The minimum atomic E-state index is -0.0944. The third-order valence-electron chi connectivity index (χ3n) is 2.47. The predicted octanol–water partition coefficient (Wildman–Crippen LogP) is 2.67. The van der Waals surface area contributed by atoms with Crippen LogP contribution in [0, 0.1) is 5.82 Å². The molecular formula is C10H11BrFN. The summed E-state index contributed by atoms with van der Waals surface area (Å²) in [6, 6.07) is 5.15. The van der Waals surface area contributed by atoms with Crippen molar-refractivity contribution >= 4 is 15.9 Å². The standard InChI is InChI=1S/C10H11BrFN/c11-8-2-1-3-9(12)10(8)7-4-5-13-6-7/h1-3,7,13H,4-6H2/t7-/m1/s1.